The van der Waals surface area contributed by atoms with Crippen molar-refractivity contribution < 1.29 is 29.6 Å². The summed E-state index contributed by atoms with van der Waals surface area (Å²) < 4.78 is 5.15. The lowest BCUT2D eigenvalue weighted by atomic mass is 10.3. The van der Waals surface area contributed by atoms with Crippen LogP contribution in [0.1, 0.15) is 0 Å². The van der Waals surface area contributed by atoms with Gasteiger partial charge < -0.3 is 30.3 Å². The maximum absolute atomic E-state index is 11.6. The summed E-state index contributed by atoms with van der Waals surface area (Å²) in [4.78, 5) is 23.6. The highest BCUT2D eigenvalue weighted by atomic mass is 16.5. The SMILES string of the molecule is O=C(O)[C@H](CO)NC(=O)N1CCOC(CO)C1. The highest BCUT2D eigenvalue weighted by Crippen LogP contribution is 2.05. The van der Waals surface area contributed by atoms with Gasteiger partial charge in [-0.3, -0.25) is 0 Å². The number of rotatable bonds is 4. The molecule has 1 saturated heterocycles. The number of carboxylic acids is 1. The fourth-order valence-corrected chi connectivity index (χ4v) is 1.44. The molecule has 1 heterocycles. The normalized spacial score (nSPS) is 22.0. The number of hydrogen-bond donors (Lipinski definition) is 4. The van der Waals surface area contributed by atoms with Crippen molar-refractivity contribution in [2.24, 2.45) is 0 Å². The van der Waals surface area contributed by atoms with Gasteiger partial charge in [0.2, 0.25) is 0 Å². The summed E-state index contributed by atoms with van der Waals surface area (Å²) in [5.74, 6) is -1.30. The molecule has 0 aromatic heterocycles. The first kappa shape index (κ1) is 13.7. The standard InChI is InChI=1S/C9H16N2O6/c12-4-6-3-11(1-2-17-6)9(16)10-7(5-13)8(14)15/h6-7,12-13H,1-5H2,(H,10,16)(H,14,15)/t6?,7-/m0/s1. The zero-order chi connectivity index (χ0) is 12.8. The second kappa shape index (κ2) is 6.38. The van der Waals surface area contributed by atoms with Crippen LogP contribution in [0.3, 0.4) is 0 Å². The van der Waals surface area contributed by atoms with Crippen LogP contribution in [0.2, 0.25) is 0 Å². The minimum Gasteiger partial charge on any atom is -0.480 e. The number of ether oxygens (including phenoxy) is 1. The molecule has 0 bridgehead atoms. The summed E-state index contributed by atoms with van der Waals surface area (Å²) in [6, 6.07) is -1.91. The molecule has 8 nitrogen and oxygen atoms in total. The van der Waals surface area contributed by atoms with Crippen molar-refractivity contribution in [1.82, 2.24) is 10.2 Å². The van der Waals surface area contributed by atoms with E-state index in [0.717, 1.165) is 0 Å². The second-order valence-electron chi connectivity index (χ2n) is 3.64. The Kier molecular flexibility index (Phi) is 5.13. The van der Waals surface area contributed by atoms with Gasteiger partial charge in [-0.05, 0) is 0 Å². The Morgan fingerprint density at radius 3 is 2.71 bits per heavy atom. The number of nitrogens with one attached hydrogen (secondary N) is 1. The van der Waals surface area contributed by atoms with Crippen LogP contribution in [-0.4, -0.2) is 77.3 Å². The minimum absolute atomic E-state index is 0.195. The van der Waals surface area contributed by atoms with Gasteiger partial charge >= 0.3 is 12.0 Å². The first-order valence-corrected chi connectivity index (χ1v) is 5.20. The van der Waals surface area contributed by atoms with Crippen LogP contribution in [-0.2, 0) is 9.53 Å². The van der Waals surface area contributed by atoms with E-state index in [9.17, 15) is 9.59 Å². The Hall–Kier alpha value is -1.38. The van der Waals surface area contributed by atoms with Crippen molar-refractivity contribution in [3.63, 3.8) is 0 Å². The molecule has 1 aliphatic heterocycles. The van der Waals surface area contributed by atoms with E-state index >= 15 is 0 Å². The molecule has 1 rings (SSSR count). The largest absolute Gasteiger partial charge is 0.480 e. The van der Waals surface area contributed by atoms with Gasteiger partial charge in [0.25, 0.3) is 0 Å². The summed E-state index contributed by atoms with van der Waals surface area (Å²) in [5, 5.41) is 28.5. The number of aliphatic hydroxyl groups is 2. The van der Waals surface area contributed by atoms with E-state index in [-0.39, 0.29) is 19.8 Å². The number of carbonyl (C=O) groups excluding carboxylic acids is 1. The van der Waals surface area contributed by atoms with Gasteiger partial charge in [-0.15, -0.1) is 0 Å². The average molecular weight is 248 g/mol. The number of aliphatic carboxylic acids is 1. The van der Waals surface area contributed by atoms with E-state index in [0.29, 0.717) is 6.54 Å². The van der Waals surface area contributed by atoms with E-state index in [1.54, 1.807) is 0 Å². The van der Waals surface area contributed by atoms with Crippen molar-refractivity contribution in [3.8, 4) is 0 Å². The molecular weight excluding hydrogens is 232 g/mol. The predicted molar refractivity (Wildman–Crippen MR) is 55.4 cm³/mol. The molecule has 0 radical (unpaired) electrons. The Balaban J connectivity index is 2.48. The Morgan fingerprint density at radius 2 is 2.18 bits per heavy atom. The van der Waals surface area contributed by atoms with E-state index in [1.807, 2.05) is 0 Å². The van der Waals surface area contributed by atoms with Crippen LogP contribution < -0.4 is 5.32 Å². The van der Waals surface area contributed by atoms with Crippen LogP contribution in [0.4, 0.5) is 4.79 Å². The molecule has 0 aromatic rings. The number of carboxylic acid groups (broad SMARTS) is 1. The third-order valence-electron chi connectivity index (χ3n) is 2.41. The number of urea groups is 1. The molecule has 1 aliphatic rings. The lowest BCUT2D eigenvalue weighted by Crippen LogP contribution is -2.54. The number of nitrogens with zero attached hydrogens (tertiary/aromatic N) is 1. The van der Waals surface area contributed by atoms with E-state index in [2.05, 4.69) is 5.32 Å². The topological polar surface area (TPSA) is 119 Å². The fourth-order valence-electron chi connectivity index (χ4n) is 1.44. The second-order valence-corrected chi connectivity index (χ2v) is 3.64. The van der Waals surface area contributed by atoms with Crippen molar-refractivity contribution in [3.05, 3.63) is 0 Å². The van der Waals surface area contributed by atoms with E-state index in [4.69, 9.17) is 20.1 Å². The highest BCUT2D eigenvalue weighted by Gasteiger charge is 2.26. The van der Waals surface area contributed by atoms with Gasteiger partial charge in [-0.25, -0.2) is 9.59 Å². The summed E-state index contributed by atoms with van der Waals surface area (Å²) in [5.41, 5.74) is 0. The first-order valence-electron chi connectivity index (χ1n) is 5.20. The third kappa shape index (κ3) is 3.84. The number of amides is 2. The predicted octanol–water partition coefficient (Wildman–Crippen LogP) is -2.17. The molecule has 2 atom stereocenters. The van der Waals surface area contributed by atoms with Gasteiger partial charge in [-0.1, -0.05) is 0 Å². The molecular formula is C9H16N2O6. The Morgan fingerprint density at radius 1 is 1.47 bits per heavy atom. The van der Waals surface area contributed by atoms with Crippen molar-refractivity contribution in [2.45, 2.75) is 12.1 Å². The molecule has 0 aliphatic carbocycles. The Bertz CT molecular complexity index is 285. The lowest BCUT2D eigenvalue weighted by Gasteiger charge is -2.32. The van der Waals surface area contributed by atoms with E-state index < -0.39 is 30.8 Å². The van der Waals surface area contributed by atoms with Gasteiger partial charge in [0, 0.05) is 6.54 Å². The first-order chi connectivity index (χ1) is 8.08. The third-order valence-corrected chi connectivity index (χ3v) is 2.41. The molecule has 98 valence electrons. The van der Waals surface area contributed by atoms with Gasteiger partial charge in [0.1, 0.15) is 0 Å². The molecule has 2 amide bonds. The number of aliphatic hydroxyl groups excluding tert-OH is 2. The molecule has 8 heteroatoms. The maximum atomic E-state index is 11.6. The van der Waals surface area contributed by atoms with E-state index in [1.165, 1.54) is 4.90 Å². The Labute approximate surface area is 97.8 Å². The molecule has 0 spiro atoms. The molecule has 1 fully saturated rings. The monoisotopic (exact) mass is 248 g/mol. The zero-order valence-corrected chi connectivity index (χ0v) is 9.20. The number of hydrogen-bond acceptors (Lipinski definition) is 5. The van der Waals surface area contributed by atoms with Gasteiger partial charge in [-0.2, -0.15) is 0 Å². The minimum atomic E-state index is -1.32. The van der Waals surface area contributed by atoms with Crippen molar-refractivity contribution in [2.75, 3.05) is 32.9 Å². The van der Waals surface area contributed by atoms with Gasteiger partial charge in [0.05, 0.1) is 32.5 Å². The summed E-state index contributed by atoms with van der Waals surface area (Å²) in [6.45, 7) is -0.0727. The molecule has 4 N–H and O–H groups in total. The molecule has 0 saturated carbocycles. The average Bonchev–Trinajstić information content (AvgIpc) is 2.35. The number of carbonyl (C=O) groups is 2. The molecule has 17 heavy (non-hydrogen) atoms. The van der Waals surface area contributed by atoms with Crippen LogP contribution in [0.25, 0.3) is 0 Å². The summed E-state index contributed by atoms with van der Waals surface area (Å²) in [6.07, 6.45) is -0.452. The number of morpholine rings is 1. The maximum Gasteiger partial charge on any atom is 0.328 e. The molecule has 1 unspecified atom stereocenters. The lowest BCUT2D eigenvalue weighted by molar-refractivity contribution is -0.140. The van der Waals surface area contributed by atoms with Crippen molar-refractivity contribution in [1.29, 1.82) is 0 Å². The quantitative estimate of drug-likeness (QED) is 0.449. The summed E-state index contributed by atoms with van der Waals surface area (Å²) in [7, 11) is 0. The fraction of sp³-hybridized carbons (Fsp3) is 0.778. The van der Waals surface area contributed by atoms with Crippen LogP contribution >= 0.6 is 0 Å². The molecule has 0 aromatic carbocycles. The van der Waals surface area contributed by atoms with Crippen LogP contribution in [0.5, 0.6) is 0 Å². The van der Waals surface area contributed by atoms with Crippen LogP contribution in [0.15, 0.2) is 0 Å². The summed E-state index contributed by atoms with van der Waals surface area (Å²) >= 11 is 0. The zero-order valence-electron chi connectivity index (χ0n) is 9.20. The van der Waals surface area contributed by atoms with Crippen molar-refractivity contribution >= 4 is 12.0 Å². The van der Waals surface area contributed by atoms with Crippen LogP contribution in [0, 0.1) is 0 Å². The van der Waals surface area contributed by atoms with Gasteiger partial charge in [0.15, 0.2) is 6.04 Å². The highest BCUT2D eigenvalue weighted by molar-refractivity contribution is 5.82. The smallest absolute Gasteiger partial charge is 0.328 e.